The highest BCUT2D eigenvalue weighted by Gasteiger charge is 2.26. The molecular weight excluding hydrogens is 368 g/mol. The second-order valence-corrected chi connectivity index (χ2v) is 6.51. The van der Waals surface area contributed by atoms with Crippen molar-refractivity contribution < 1.29 is 26.0 Å². The van der Waals surface area contributed by atoms with Crippen LogP contribution < -0.4 is 10.5 Å². The molecule has 0 saturated heterocycles. The van der Waals surface area contributed by atoms with Gasteiger partial charge in [0.15, 0.2) is 0 Å². The Bertz CT molecular complexity index is 590. The molecule has 0 aliphatic rings. The molecule has 0 bridgehead atoms. The second kappa shape index (κ2) is 6.27. The van der Waals surface area contributed by atoms with E-state index in [0.29, 0.717) is 0 Å². The first-order valence-electron chi connectivity index (χ1n) is 5.34. The van der Waals surface area contributed by atoms with Gasteiger partial charge < -0.3 is 5.73 Å². The van der Waals surface area contributed by atoms with Gasteiger partial charge in [-0.2, -0.15) is 13.2 Å². The van der Waals surface area contributed by atoms with Crippen molar-refractivity contribution in [3.63, 3.8) is 0 Å². The molecule has 1 aromatic rings. The topological polar surface area (TPSA) is 72.2 Å². The summed E-state index contributed by atoms with van der Waals surface area (Å²) in [5, 5.41) is 0. The van der Waals surface area contributed by atoms with Crippen molar-refractivity contribution in [2.45, 2.75) is 23.9 Å². The van der Waals surface area contributed by atoms with Crippen molar-refractivity contribution in [3.8, 4) is 0 Å². The van der Waals surface area contributed by atoms with Gasteiger partial charge in [-0.1, -0.05) is 0 Å². The maximum Gasteiger partial charge on any atom is 0.389 e. The van der Waals surface area contributed by atoms with Crippen LogP contribution in [0.25, 0.3) is 0 Å². The summed E-state index contributed by atoms with van der Waals surface area (Å²) in [7, 11) is -4.06. The molecule has 0 fully saturated rings. The number of hydrogen-bond acceptors (Lipinski definition) is 3. The standard InChI is InChI=1S/C10H11BrF4N2O2S/c11-6-4-7(12)8(16)5-9(6)20(18,19)17-3-1-2-10(13,14)15/h4-5,17H,1-3,16H2. The van der Waals surface area contributed by atoms with Crippen LogP contribution in [-0.4, -0.2) is 21.1 Å². The molecule has 0 atom stereocenters. The summed E-state index contributed by atoms with van der Waals surface area (Å²) < 4.78 is 74.5. The van der Waals surface area contributed by atoms with Crippen molar-refractivity contribution in [2.75, 3.05) is 12.3 Å². The van der Waals surface area contributed by atoms with Gasteiger partial charge in [0.2, 0.25) is 10.0 Å². The molecule has 0 aromatic heterocycles. The monoisotopic (exact) mass is 378 g/mol. The molecule has 0 saturated carbocycles. The fourth-order valence-corrected chi connectivity index (χ4v) is 3.44. The molecule has 0 aliphatic heterocycles. The Morgan fingerprint density at radius 3 is 2.45 bits per heavy atom. The summed E-state index contributed by atoms with van der Waals surface area (Å²) in [5.74, 6) is -0.798. The van der Waals surface area contributed by atoms with Crippen molar-refractivity contribution >= 4 is 31.6 Å². The van der Waals surface area contributed by atoms with E-state index in [-0.39, 0.29) is 21.6 Å². The molecule has 10 heteroatoms. The Labute approximate surface area is 121 Å². The normalized spacial score (nSPS) is 12.7. The number of rotatable bonds is 5. The van der Waals surface area contributed by atoms with E-state index in [1.807, 2.05) is 4.72 Å². The third kappa shape index (κ3) is 4.91. The quantitative estimate of drug-likeness (QED) is 0.470. The molecule has 0 heterocycles. The van der Waals surface area contributed by atoms with Crippen LogP contribution >= 0.6 is 15.9 Å². The minimum absolute atomic E-state index is 0.0625. The van der Waals surface area contributed by atoms with E-state index in [0.717, 1.165) is 12.1 Å². The molecule has 1 rings (SSSR count). The summed E-state index contributed by atoms with van der Waals surface area (Å²) in [4.78, 5) is -0.330. The maximum absolute atomic E-state index is 13.1. The minimum Gasteiger partial charge on any atom is -0.396 e. The largest absolute Gasteiger partial charge is 0.396 e. The zero-order valence-electron chi connectivity index (χ0n) is 9.97. The highest BCUT2D eigenvalue weighted by molar-refractivity contribution is 9.10. The Kier molecular flexibility index (Phi) is 5.39. The lowest BCUT2D eigenvalue weighted by Gasteiger charge is -2.10. The van der Waals surface area contributed by atoms with Crippen LogP contribution in [0, 0.1) is 5.82 Å². The Morgan fingerprint density at radius 2 is 1.90 bits per heavy atom. The van der Waals surface area contributed by atoms with Gasteiger partial charge in [-0.25, -0.2) is 17.5 Å². The Balaban J connectivity index is 2.77. The van der Waals surface area contributed by atoms with Crippen LogP contribution in [0.3, 0.4) is 0 Å². The summed E-state index contributed by atoms with van der Waals surface area (Å²) in [6, 6.07) is 1.77. The van der Waals surface area contributed by atoms with Gasteiger partial charge in [0, 0.05) is 17.4 Å². The van der Waals surface area contributed by atoms with Gasteiger partial charge in [-0.05, 0) is 34.5 Å². The van der Waals surface area contributed by atoms with Crippen molar-refractivity contribution in [1.29, 1.82) is 0 Å². The SMILES string of the molecule is Nc1cc(S(=O)(=O)NCCCC(F)(F)F)c(Br)cc1F. The predicted octanol–water partition coefficient (Wildman–Crippen LogP) is 2.79. The predicted molar refractivity (Wildman–Crippen MR) is 69.0 cm³/mol. The molecule has 20 heavy (non-hydrogen) atoms. The molecule has 0 unspecified atom stereocenters. The van der Waals surface area contributed by atoms with E-state index >= 15 is 0 Å². The first-order chi connectivity index (χ1) is 9.03. The number of anilines is 1. The highest BCUT2D eigenvalue weighted by Crippen LogP contribution is 2.27. The summed E-state index contributed by atoms with van der Waals surface area (Å²) in [6.07, 6.45) is -5.83. The first kappa shape index (κ1) is 17.2. The van der Waals surface area contributed by atoms with Gasteiger partial charge in [0.1, 0.15) is 5.82 Å². The molecule has 3 N–H and O–H groups in total. The maximum atomic E-state index is 13.1. The lowest BCUT2D eigenvalue weighted by atomic mass is 10.3. The highest BCUT2D eigenvalue weighted by atomic mass is 79.9. The number of halogens is 5. The number of nitrogen functional groups attached to an aromatic ring is 1. The van der Waals surface area contributed by atoms with Crippen molar-refractivity contribution in [1.82, 2.24) is 4.72 Å². The minimum atomic E-state index is -4.34. The van der Waals surface area contributed by atoms with Crippen LogP contribution in [-0.2, 0) is 10.0 Å². The Hall–Kier alpha value is -0.870. The van der Waals surface area contributed by atoms with Crippen LogP contribution in [0.2, 0.25) is 0 Å². The second-order valence-electron chi connectivity index (χ2n) is 3.92. The lowest BCUT2D eigenvalue weighted by Crippen LogP contribution is -2.26. The van der Waals surface area contributed by atoms with Gasteiger partial charge in [-0.3, -0.25) is 0 Å². The summed E-state index contributed by atoms with van der Waals surface area (Å²) in [5.41, 5.74) is 4.89. The van der Waals surface area contributed by atoms with E-state index in [1.165, 1.54) is 0 Å². The van der Waals surface area contributed by atoms with Crippen molar-refractivity contribution in [2.24, 2.45) is 0 Å². The summed E-state index contributed by atoms with van der Waals surface area (Å²) >= 11 is 2.86. The molecule has 4 nitrogen and oxygen atoms in total. The number of sulfonamides is 1. The number of benzene rings is 1. The smallest absolute Gasteiger partial charge is 0.389 e. The molecule has 114 valence electrons. The zero-order valence-corrected chi connectivity index (χ0v) is 12.4. The van der Waals surface area contributed by atoms with E-state index in [9.17, 15) is 26.0 Å². The van der Waals surface area contributed by atoms with Crippen molar-refractivity contribution in [3.05, 3.63) is 22.4 Å². The lowest BCUT2D eigenvalue weighted by molar-refractivity contribution is -0.135. The van der Waals surface area contributed by atoms with Gasteiger partial charge in [0.05, 0.1) is 10.6 Å². The third-order valence-electron chi connectivity index (χ3n) is 2.27. The van der Waals surface area contributed by atoms with E-state index in [1.54, 1.807) is 0 Å². The Morgan fingerprint density at radius 1 is 1.30 bits per heavy atom. The number of alkyl halides is 3. The average molecular weight is 379 g/mol. The average Bonchev–Trinajstić information content (AvgIpc) is 2.28. The van der Waals surface area contributed by atoms with Crippen LogP contribution in [0.5, 0.6) is 0 Å². The van der Waals surface area contributed by atoms with Crippen LogP contribution in [0.4, 0.5) is 23.2 Å². The molecular formula is C10H11BrF4N2O2S. The number of nitrogens with two attached hydrogens (primary N) is 1. The number of nitrogens with one attached hydrogen (secondary N) is 1. The van der Waals surface area contributed by atoms with Gasteiger partial charge in [-0.15, -0.1) is 0 Å². The van der Waals surface area contributed by atoms with E-state index in [2.05, 4.69) is 15.9 Å². The molecule has 0 radical (unpaired) electrons. The fraction of sp³-hybridized carbons (Fsp3) is 0.400. The zero-order chi connectivity index (χ0) is 15.6. The summed E-state index contributed by atoms with van der Waals surface area (Å²) in [6.45, 7) is -0.383. The molecule has 0 aliphatic carbocycles. The van der Waals surface area contributed by atoms with Gasteiger partial charge in [0.25, 0.3) is 0 Å². The van der Waals surface area contributed by atoms with E-state index in [4.69, 9.17) is 5.73 Å². The van der Waals surface area contributed by atoms with E-state index < -0.39 is 34.9 Å². The molecule has 1 aromatic carbocycles. The first-order valence-corrected chi connectivity index (χ1v) is 7.61. The third-order valence-corrected chi connectivity index (χ3v) is 4.69. The van der Waals surface area contributed by atoms with Crippen LogP contribution in [0.15, 0.2) is 21.5 Å². The molecule has 0 amide bonds. The fourth-order valence-electron chi connectivity index (χ4n) is 1.32. The van der Waals surface area contributed by atoms with Crippen LogP contribution in [0.1, 0.15) is 12.8 Å². The van der Waals surface area contributed by atoms with Gasteiger partial charge >= 0.3 is 6.18 Å². The number of hydrogen-bond donors (Lipinski definition) is 2. The molecule has 0 spiro atoms.